The molecule has 134 valence electrons. The average molecular weight is 357 g/mol. The number of carbonyl (C=O) groups is 2. The van der Waals surface area contributed by atoms with Crippen LogP contribution < -0.4 is 16.3 Å². The minimum atomic E-state index is -0.582. The van der Waals surface area contributed by atoms with E-state index in [0.717, 1.165) is 24.6 Å². The highest BCUT2D eigenvalue weighted by atomic mass is 32.2. The fourth-order valence-electron chi connectivity index (χ4n) is 2.27. The number of aromatic amines is 1. The number of amides is 3. The molecule has 2 heterocycles. The van der Waals surface area contributed by atoms with Gasteiger partial charge in [0.1, 0.15) is 0 Å². The Kier molecular flexibility index (Phi) is 6.44. The number of hydrogen-bond acceptors (Lipinski definition) is 6. The molecule has 1 saturated heterocycles. The van der Waals surface area contributed by atoms with Crippen molar-refractivity contribution < 1.29 is 14.3 Å². The van der Waals surface area contributed by atoms with Gasteiger partial charge in [-0.3, -0.25) is 14.7 Å². The van der Waals surface area contributed by atoms with E-state index in [4.69, 9.17) is 4.74 Å². The van der Waals surface area contributed by atoms with E-state index in [9.17, 15) is 14.4 Å². The Bertz CT molecular complexity index is 635. The minimum absolute atomic E-state index is 0.0133. The Morgan fingerprint density at radius 3 is 2.83 bits per heavy atom. The standard InChI is InChI=1S/C14H23N5O4S/c1-8(2)15-12(21)16-11(20)9(3)24-14-18-17-13(22)19(14)7-10-5-4-6-23-10/h8-10H,4-7H2,1-3H3,(H,17,22)(H2,15,16,20,21)/t9-,10+/m1/s1. The number of rotatable bonds is 6. The van der Waals surface area contributed by atoms with Crippen molar-refractivity contribution in [1.82, 2.24) is 25.4 Å². The van der Waals surface area contributed by atoms with Gasteiger partial charge in [0.25, 0.3) is 0 Å². The van der Waals surface area contributed by atoms with E-state index in [0.29, 0.717) is 18.3 Å². The van der Waals surface area contributed by atoms with Crippen molar-refractivity contribution >= 4 is 23.7 Å². The third-order valence-electron chi connectivity index (χ3n) is 3.44. The van der Waals surface area contributed by atoms with Gasteiger partial charge in [0.15, 0.2) is 5.16 Å². The van der Waals surface area contributed by atoms with Gasteiger partial charge in [-0.1, -0.05) is 11.8 Å². The summed E-state index contributed by atoms with van der Waals surface area (Å²) in [4.78, 5) is 35.5. The Morgan fingerprint density at radius 2 is 2.21 bits per heavy atom. The molecule has 1 aliphatic heterocycles. The summed E-state index contributed by atoms with van der Waals surface area (Å²) in [5, 5.41) is 11.0. The molecule has 1 fully saturated rings. The maximum atomic E-state index is 12.1. The molecule has 0 aliphatic carbocycles. The van der Waals surface area contributed by atoms with E-state index in [1.807, 2.05) is 0 Å². The number of urea groups is 1. The van der Waals surface area contributed by atoms with Crippen LogP contribution in [0.25, 0.3) is 0 Å². The Morgan fingerprint density at radius 1 is 1.46 bits per heavy atom. The van der Waals surface area contributed by atoms with Crippen LogP contribution in [0.4, 0.5) is 4.79 Å². The van der Waals surface area contributed by atoms with Crippen molar-refractivity contribution in [3.05, 3.63) is 10.5 Å². The van der Waals surface area contributed by atoms with E-state index in [2.05, 4.69) is 20.8 Å². The third kappa shape index (κ3) is 5.10. The van der Waals surface area contributed by atoms with Gasteiger partial charge < -0.3 is 10.1 Å². The highest BCUT2D eigenvalue weighted by Gasteiger charge is 2.23. The lowest BCUT2D eigenvalue weighted by atomic mass is 10.2. The number of thioether (sulfide) groups is 1. The zero-order chi connectivity index (χ0) is 17.7. The van der Waals surface area contributed by atoms with Gasteiger partial charge in [-0.15, -0.1) is 5.10 Å². The van der Waals surface area contributed by atoms with Crippen LogP contribution in [-0.4, -0.2) is 50.7 Å². The van der Waals surface area contributed by atoms with Gasteiger partial charge in [-0.25, -0.2) is 14.7 Å². The first-order valence-electron chi connectivity index (χ1n) is 7.91. The highest BCUT2D eigenvalue weighted by molar-refractivity contribution is 8.00. The van der Waals surface area contributed by atoms with Gasteiger partial charge in [0.05, 0.1) is 17.9 Å². The second kappa shape index (κ2) is 8.34. The Labute approximate surface area is 143 Å². The molecule has 24 heavy (non-hydrogen) atoms. The van der Waals surface area contributed by atoms with Gasteiger partial charge >= 0.3 is 11.7 Å². The Hall–Kier alpha value is -1.81. The number of ether oxygens (including phenoxy) is 1. The summed E-state index contributed by atoms with van der Waals surface area (Å²) < 4.78 is 7.01. The second-order valence-electron chi connectivity index (χ2n) is 5.93. The van der Waals surface area contributed by atoms with Crippen molar-refractivity contribution in [2.24, 2.45) is 0 Å². The molecule has 0 aromatic carbocycles. The topological polar surface area (TPSA) is 118 Å². The van der Waals surface area contributed by atoms with Crippen LogP contribution in [0, 0.1) is 0 Å². The monoisotopic (exact) mass is 357 g/mol. The predicted molar refractivity (Wildman–Crippen MR) is 89.0 cm³/mol. The molecule has 0 spiro atoms. The maximum Gasteiger partial charge on any atom is 0.344 e. The summed E-state index contributed by atoms with van der Waals surface area (Å²) in [7, 11) is 0. The van der Waals surface area contributed by atoms with E-state index < -0.39 is 17.2 Å². The van der Waals surface area contributed by atoms with Crippen LogP contribution in [0.15, 0.2) is 9.95 Å². The summed E-state index contributed by atoms with van der Waals surface area (Å²) in [6, 6.07) is -0.607. The number of carbonyl (C=O) groups excluding carboxylic acids is 2. The minimum Gasteiger partial charge on any atom is -0.376 e. The summed E-state index contributed by atoms with van der Waals surface area (Å²) in [6.07, 6.45) is 1.86. The lowest BCUT2D eigenvalue weighted by Gasteiger charge is -2.14. The van der Waals surface area contributed by atoms with Crippen molar-refractivity contribution in [1.29, 1.82) is 0 Å². The van der Waals surface area contributed by atoms with E-state index >= 15 is 0 Å². The number of H-pyrrole nitrogens is 1. The van der Waals surface area contributed by atoms with Gasteiger partial charge in [-0.05, 0) is 33.6 Å². The lowest BCUT2D eigenvalue weighted by Crippen LogP contribution is -2.45. The largest absolute Gasteiger partial charge is 0.376 e. The molecule has 0 radical (unpaired) electrons. The summed E-state index contributed by atoms with van der Waals surface area (Å²) >= 11 is 1.12. The molecule has 0 saturated carbocycles. The number of hydrogen-bond donors (Lipinski definition) is 3. The molecule has 1 aromatic heterocycles. The molecule has 2 rings (SSSR count). The molecule has 2 atom stereocenters. The van der Waals surface area contributed by atoms with Crippen LogP contribution in [-0.2, 0) is 16.1 Å². The highest BCUT2D eigenvalue weighted by Crippen LogP contribution is 2.21. The first-order valence-corrected chi connectivity index (χ1v) is 8.79. The molecule has 3 N–H and O–H groups in total. The summed E-state index contributed by atoms with van der Waals surface area (Å²) in [5.74, 6) is -0.447. The third-order valence-corrected chi connectivity index (χ3v) is 4.53. The number of aromatic nitrogens is 3. The van der Waals surface area contributed by atoms with Crippen molar-refractivity contribution in [3.63, 3.8) is 0 Å². The number of nitrogens with one attached hydrogen (secondary N) is 3. The van der Waals surface area contributed by atoms with Gasteiger partial charge in [-0.2, -0.15) is 0 Å². The normalized spacial score (nSPS) is 18.6. The molecule has 3 amide bonds. The van der Waals surface area contributed by atoms with Gasteiger partial charge in [0.2, 0.25) is 5.91 Å². The van der Waals surface area contributed by atoms with E-state index in [1.165, 1.54) is 4.57 Å². The van der Waals surface area contributed by atoms with Crippen LogP contribution in [0.2, 0.25) is 0 Å². The molecule has 0 unspecified atom stereocenters. The van der Waals surface area contributed by atoms with Crippen molar-refractivity contribution in [3.8, 4) is 0 Å². The predicted octanol–water partition coefficient (Wildman–Crippen LogP) is 0.465. The summed E-state index contributed by atoms with van der Waals surface area (Å²) in [5.41, 5.74) is -0.335. The number of nitrogens with zero attached hydrogens (tertiary/aromatic N) is 2. The van der Waals surface area contributed by atoms with E-state index in [1.54, 1.807) is 20.8 Å². The quantitative estimate of drug-likeness (QED) is 0.637. The van der Waals surface area contributed by atoms with Crippen molar-refractivity contribution in [2.75, 3.05) is 6.61 Å². The molecular formula is C14H23N5O4S. The fraction of sp³-hybridized carbons (Fsp3) is 0.714. The maximum absolute atomic E-state index is 12.1. The number of imide groups is 1. The second-order valence-corrected chi connectivity index (χ2v) is 7.24. The zero-order valence-corrected chi connectivity index (χ0v) is 14.8. The van der Waals surface area contributed by atoms with Crippen LogP contribution in [0.1, 0.15) is 33.6 Å². The average Bonchev–Trinajstić information content (AvgIpc) is 3.11. The molecular weight excluding hydrogens is 334 g/mol. The van der Waals surface area contributed by atoms with Crippen LogP contribution in [0.3, 0.4) is 0 Å². The van der Waals surface area contributed by atoms with Crippen molar-refractivity contribution in [2.45, 2.75) is 62.7 Å². The van der Waals surface area contributed by atoms with Crippen LogP contribution >= 0.6 is 11.8 Å². The Balaban J connectivity index is 1.95. The SMILES string of the molecule is CC(C)NC(=O)NC(=O)[C@@H](C)Sc1n[nH]c(=O)n1C[C@@H]1CCCO1. The molecule has 9 nitrogen and oxygen atoms in total. The smallest absolute Gasteiger partial charge is 0.344 e. The van der Waals surface area contributed by atoms with E-state index in [-0.39, 0.29) is 17.8 Å². The van der Waals surface area contributed by atoms with Gasteiger partial charge in [0, 0.05) is 12.6 Å². The van der Waals surface area contributed by atoms with Crippen LogP contribution in [0.5, 0.6) is 0 Å². The lowest BCUT2D eigenvalue weighted by molar-refractivity contribution is -0.119. The molecule has 1 aliphatic rings. The first kappa shape index (κ1) is 18.5. The molecule has 10 heteroatoms. The molecule has 1 aromatic rings. The summed E-state index contributed by atoms with van der Waals surface area (Å²) in [6.45, 7) is 6.35. The first-order chi connectivity index (χ1) is 11.4. The fourth-order valence-corrected chi connectivity index (χ4v) is 3.13. The molecule has 0 bridgehead atoms. The zero-order valence-electron chi connectivity index (χ0n) is 14.0.